The normalized spacial score (nSPS) is 10.3. The van der Waals surface area contributed by atoms with E-state index in [2.05, 4.69) is 31.1 Å². The molecule has 0 aliphatic rings. The van der Waals surface area contributed by atoms with Crippen LogP contribution >= 0.6 is 38.9 Å². The predicted octanol–water partition coefficient (Wildman–Crippen LogP) is 3.02. The first-order valence-electron chi connectivity index (χ1n) is 3.36. The van der Waals surface area contributed by atoms with E-state index in [0.29, 0.717) is 5.15 Å². The molecule has 0 N–H and O–H groups in total. The van der Waals surface area contributed by atoms with E-state index in [9.17, 15) is 0 Å². The summed E-state index contributed by atoms with van der Waals surface area (Å²) in [4.78, 5) is 3.95. The molecule has 0 aliphatic heterocycles. The Morgan fingerprint density at radius 2 is 2.15 bits per heavy atom. The van der Waals surface area contributed by atoms with E-state index in [1.165, 1.54) is 11.3 Å². The second-order valence-electron chi connectivity index (χ2n) is 2.23. The molecule has 13 heavy (non-hydrogen) atoms. The smallest absolute Gasteiger partial charge is 0.183 e. The molecular formula is C7H3BrClN3S. The Morgan fingerprint density at radius 1 is 1.31 bits per heavy atom. The molecule has 0 unspecified atom stereocenters. The number of hydrogen-bond donors (Lipinski definition) is 0. The van der Waals surface area contributed by atoms with Crippen LogP contribution in [-0.4, -0.2) is 15.2 Å². The Bertz CT molecular complexity index is 414. The molecule has 0 fully saturated rings. The molecule has 2 heterocycles. The summed E-state index contributed by atoms with van der Waals surface area (Å²) >= 11 is 10.4. The van der Waals surface area contributed by atoms with Crippen LogP contribution in [-0.2, 0) is 0 Å². The van der Waals surface area contributed by atoms with Crippen LogP contribution in [0.25, 0.3) is 10.6 Å². The van der Waals surface area contributed by atoms with Gasteiger partial charge in [-0.15, -0.1) is 10.2 Å². The van der Waals surface area contributed by atoms with Crippen molar-refractivity contribution in [1.82, 2.24) is 15.2 Å². The third-order valence-corrected chi connectivity index (χ3v) is 3.00. The highest BCUT2D eigenvalue weighted by Gasteiger charge is 2.04. The molecule has 2 rings (SSSR count). The second-order valence-corrected chi connectivity index (χ2v) is 4.87. The van der Waals surface area contributed by atoms with Gasteiger partial charge in [0.2, 0.25) is 0 Å². The molecule has 0 bridgehead atoms. The van der Waals surface area contributed by atoms with Gasteiger partial charge in [0.15, 0.2) is 3.92 Å². The number of pyridine rings is 1. The summed E-state index contributed by atoms with van der Waals surface area (Å²) in [6.45, 7) is 0. The zero-order valence-electron chi connectivity index (χ0n) is 6.24. The molecule has 0 aromatic carbocycles. The average molecular weight is 277 g/mol. The summed E-state index contributed by atoms with van der Waals surface area (Å²) in [6.07, 6.45) is 1.68. The van der Waals surface area contributed by atoms with Crippen molar-refractivity contribution < 1.29 is 0 Å². The van der Waals surface area contributed by atoms with Crippen molar-refractivity contribution in [2.75, 3.05) is 0 Å². The molecule has 0 aliphatic carbocycles. The maximum atomic E-state index is 5.65. The summed E-state index contributed by atoms with van der Waals surface area (Å²) in [6, 6.07) is 3.59. The first-order chi connectivity index (χ1) is 6.25. The number of hydrogen-bond acceptors (Lipinski definition) is 4. The highest BCUT2D eigenvalue weighted by atomic mass is 79.9. The Labute approximate surface area is 91.9 Å². The molecule has 0 saturated heterocycles. The number of aromatic nitrogens is 3. The number of halogens is 2. The molecule has 66 valence electrons. The van der Waals surface area contributed by atoms with Gasteiger partial charge in [-0.25, -0.2) is 4.98 Å². The monoisotopic (exact) mass is 275 g/mol. The molecule has 0 amide bonds. The van der Waals surface area contributed by atoms with Crippen molar-refractivity contribution in [2.45, 2.75) is 0 Å². The van der Waals surface area contributed by atoms with E-state index in [0.717, 1.165) is 14.5 Å². The van der Waals surface area contributed by atoms with E-state index in [1.54, 1.807) is 12.3 Å². The largest absolute Gasteiger partial charge is 0.244 e. The fraction of sp³-hybridized carbons (Fsp3) is 0. The number of rotatable bonds is 1. The van der Waals surface area contributed by atoms with Gasteiger partial charge in [-0.2, -0.15) is 0 Å². The van der Waals surface area contributed by atoms with Gasteiger partial charge in [0, 0.05) is 11.8 Å². The van der Waals surface area contributed by atoms with E-state index in [1.807, 2.05) is 6.07 Å². The lowest BCUT2D eigenvalue weighted by molar-refractivity contribution is 1.07. The average Bonchev–Trinajstić information content (AvgIpc) is 2.53. The lowest BCUT2D eigenvalue weighted by Crippen LogP contribution is -1.79. The first kappa shape index (κ1) is 9.05. The minimum Gasteiger partial charge on any atom is -0.244 e. The second kappa shape index (κ2) is 3.69. The fourth-order valence-electron chi connectivity index (χ4n) is 0.824. The Kier molecular flexibility index (Phi) is 2.57. The van der Waals surface area contributed by atoms with Crippen molar-refractivity contribution in [3.63, 3.8) is 0 Å². The van der Waals surface area contributed by atoms with Crippen molar-refractivity contribution in [3.8, 4) is 10.6 Å². The van der Waals surface area contributed by atoms with Crippen LogP contribution in [0.4, 0.5) is 0 Å². The minimum atomic E-state index is 0.479. The molecular weight excluding hydrogens is 274 g/mol. The van der Waals surface area contributed by atoms with Gasteiger partial charge in [0.1, 0.15) is 10.2 Å². The molecule has 6 heteroatoms. The van der Waals surface area contributed by atoms with Crippen LogP contribution in [0, 0.1) is 0 Å². The molecule has 0 spiro atoms. The standard InChI is InChI=1S/C7H3BrClN3S/c8-7-12-11-6(13-7)4-1-2-5(9)10-3-4/h1-3H. The van der Waals surface area contributed by atoms with Crippen LogP contribution in [0.5, 0.6) is 0 Å². The summed E-state index contributed by atoms with van der Waals surface area (Å²) in [5.41, 5.74) is 0.924. The quantitative estimate of drug-likeness (QED) is 0.752. The third-order valence-electron chi connectivity index (χ3n) is 1.37. The van der Waals surface area contributed by atoms with Gasteiger partial charge in [-0.1, -0.05) is 22.9 Å². The summed E-state index contributed by atoms with van der Waals surface area (Å²) in [7, 11) is 0. The Hall–Kier alpha value is -0.520. The SMILES string of the molecule is Clc1ccc(-c2nnc(Br)s2)cn1. The topological polar surface area (TPSA) is 38.7 Å². The molecule has 0 atom stereocenters. The van der Waals surface area contributed by atoms with Crippen LogP contribution in [0.2, 0.25) is 5.15 Å². The minimum absolute atomic E-state index is 0.479. The molecule has 2 aromatic heterocycles. The summed E-state index contributed by atoms with van der Waals surface area (Å²) in [5.74, 6) is 0. The zero-order chi connectivity index (χ0) is 9.26. The predicted molar refractivity (Wildman–Crippen MR) is 55.9 cm³/mol. The molecule has 2 aromatic rings. The van der Waals surface area contributed by atoms with Crippen molar-refractivity contribution in [1.29, 1.82) is 0 Å². The van der Waals surface area contributed by atoms with Crippen molar-refractivity contribution in [2.24, 2.45) is 0 Å². The zero-order valence-corrected chi connectivity index (χ0v) is 9.40. The summed E-state index contributed by atoms with van der Waals surface area (Å²) in [5, 5.41) is 9.10. The lowest BCUT2D eigenvalue weighted by atomic mass is 10.3. The Balaban J connectivity index is 2.41. The van der Waals surface area contributed by atoms with Gasteiger partial charge in [0.25, 0.3) is 0 Å². The Morgan fingerprint density at radius 3 is 2.69 bits per heavy atom. The van der Waals surface area contributed by atoms with Gasteiger partial charge in [0.05, 0.1) is 0 Å². The highest BCUT2D eigenvalue weighted by Crippen LogP contribution is 2.25. The highest BCUT2D eigenvalue weighted by molar-refractivity contribution is 9.11. The van der Waals surface area contributed by atoms with Gasteiger partial charge >= 0.3 is 0 Å². The molecule has 3 nitrogen and oxygen atoms in total. The van der Waals surface area contributed by atoms with Crippen LogP contribution < -0.4 is 0 Å². The molecule has 0 saturated carbocycles. The maximum absolute atomic E-state index is 5.65. The van der Waals surface area contributed by atoms with Gasteiger partial charge in [-0.3, -0.25) is 0 Å². The third kappa shape index (κ3) is 2.04. The van der Waals surface area contributed by atoms with Gasteiger partial charge < -0.3 is 0 Å². The van der Waals surface area contributed by atoms with Gasteiger partial charge in [-0.05, 0) is 28.1 Å². The van der Waals surface area contributed by atoms with Crippen LogP contribution in [0.3, 0.4) is 0 Å². The first-order valence-corrected chi connectivity index (χ1v) is 5.35. The van der Waals surface area contributed by atoms with E-state index in [-0.39, 0.29) is 0 Å². The van der Waals surface area contributed by atoms with Crippen molar-refractivity contribution in [3.05, 3.63) is 27.4 Å². The maximum Gasteiger partial charge on any atom is 0.183 e. The number of nitrogens with zero attached hydrogens (tertiary/aromatic N) is 3. The van der Waals surface area contributed by atoms with E-state index < -0.39 is 0 Å². The van der Waals surface area contributed by atoms with Crippen LogP contribution in [0.1, 0.15) is 0 Å². The van der Waals surface area contributed by atoms with E-state index in [4.69, 9.17) is 11.6 Å². The van der Waals surface area contributed by atoms with E-state index >= 15 is 0 Å². The van der Waals surface area contributed by atoms with Crippen LogP contribution in [0.15, 0.2) is 22.2 Å². The lowest BCUT2D eigenvalue weighted by Gasteiger charge is -1.92. The fourth-order valence-corrected chi connectivity index (χ4v) is 2.04. The molecule has 0 radical (unpaired) electrons. The van der Waals surface area contributed by atoms with Crippen molar-refractivity contribution >= 4 is 38.9 Å². The summed E-state index contributed by atoms with van der Waals surface area (Å²) < 4.78 is 0.762.